The molecular weight excluding hydrogens is 279 g/mol. The molecule has 0 amide bonds. The third-order valence-corrected chi connectivity index (χ3v) is 363. The first-order valence-corrected chi connectivity index (χ1v) is 28.3. The van der Waals surface area contributed by atoms with Crippen LogP contribution < -0.4 is 0 Å². The van der Waals surface area contributed by atoms with Gasteiger partial charge in [0.2, 0.25) is 0 Å². The van der Waals surface area contributed by atoms with E-state index in [1.807, 2.05) is 23.9 Å². The first-order valence-electron chi connectivity index (χ1n) is 3.14. The van der Waals surface area contributed by atoms with Crippen LogP contribution in [-0.4, -0.2) is 0 Å². The summed E-state index contributed by atoms with van der Waals surface area (Å²) in [5.74, 6) is 0. The van der Waals surface area contributed by atoms with E-state index in [0.717, 1.165) is 6.99 Å². The predicted molar refractivity (Wildman–Crippen MR) is 66.5 cm³/mol. The Morgan fingerprint density at radius 3 is 2.00 bits per heavy atom. The van der Waals surface area contributed by atoms with Crippen LogP contribution in [0.3, 0.4) is 0 Å². The van der Waals surface area contributed by atoms with E-state index in [2.05, 4.69) is 0 Å². The quantitative estimate of drug-likeness (QED) is 0.422. The summed E-state index contributed by atoms with van der Waals surface area (Å²) in [6.07, 6.45) is 0. The van der Waals surface area contributed by atoms with Gasteiger partial charge in [0, 0.05) is 0 Å². The van der Waals surface area contributed by atoms with Crippen LogP contribution in [0.2, 0.25) is 0 Å². The Bertz CT molecular complexity index is 382. The molecule has 10 heterocycles. The van der Waals surface area contributed by atoms with Crippen LogP contribution in [0.5, 0.6) is 0 Å². The van der Waals surface area contributed by atoms with Crippen molar-refractivity contribution >= 4 is 60.0 Å². The minimum atomic E-state index is -0.0134. The zero-order valence-corrected chi connectivity index (χ0v) is 12.5. The summed E-state index contributed by atoms with van der Waals surface area (Å²) >= 11 is 0. The molecule has 0 aromatic carbocycles. The Kier molecular flexibility index (Phi) is 0.377. The van der Waals surface area contributed by atoms with E-state index in [-0.39, 0.29) is 15.1 Å². The third kappa shape index (κ3) is 0.0994. The topological polar surface area (TPSA) is 0 Å². The van der Waals surface area contributed by atoms with Gasteiger partial charge in [0.05, 0.1) is 0 Å². The summed E-state index contributed by atoms with van der Waals surface area (Å²) in [5.41, 5.74) is 0. The van der Waals surface area contributed by atoms with E-state index < -0.39 is 0 Å². The summed E-state index contributed by atoms with van der Waals surface area (Å²) in [5, 5.41) is 0.0473. The third-order valence-electron chi connectivity index (χ3n) is 4.73. The van der Waals surface area contributed by atoms with E-state index in [1.54, 1.807) is 0 Å². The van der Waals surface area contributed by atoms with Crippen LogP contribution in [0.1, 0.15) is 0 Å². The number of hydrogen-bond acceptors (Lipinski definition) is 0. The van der Waals surface area contributed by atoms with E-state index in [1.165, 1.54) is 14.0 Å². The molecule has 0 aromatic heterocycles. The SMILES string of the molecule is P1P2P3P145PP1P246PP3156. The Labute approximate surface area is 60.0 Å². The van der Waals surface area contributed by atoms with Crippen LogP contribution >= 0.6 is 60.0 Å². The van der Waals surface area contributed by atoms with Crippen LogP contribution in [0.15, 0.2) is 0 Å². The molecule has 9 heteroatoms. The molecule has 0 aliphatic carbocycles. The van der Waals surface area contributed by atoms with Crippen LogP contribution in [0.25, 0.3) is 0 Å². The maximum atomic E-state index is 1.95. The second-order valence-electron chi connectivity index (χ2n) is 4.00. The second kappa shape index (κ2) is 0.667. The van der Waals surface area contributed by atoms with Gasteiger partial charge in [-0.25, -0.2) is 0 Å². The zero-order valence-electron chi connectivity index (χ0n) is 4.18. The van der Waals surface area contributed by atoms with Crippen LogP contribution in [-0.2, 0) is 0 Å². The fourth-order valence-electron chi connectivity index (χ4n) is 4.45. The number of rotatable bonds is 0. The maximum absolute atomic E-state index is 1.95. The molecule has 10 fully saturated rings. The van der Waals surface area contributed by atoms with Crippen molar-refractivity contribution < 1.29 is 0 Å². The summed E-state index contributed by atoms with van der Waals surface area (Å²) in [6, 6.07) is 0. The van der Waals surface area contributed by atoms with Crippen LogP contribution in [0.4, 0.5) is 0 Å². The molecule has 10 aliphatic heterocycles. The predicted octanol–water partition coefficient (Wildman–Crippen LogP) is 6.95. The molecule has 9 heavy (non-hydrogen) atoms. The van der Waals surface area contributed by atoms with Gasteiger partial charge in [-0.3, -0.25) is 0 Å². The first kappa shape index (κ1) is 5.09. The average Bonchev–Trinajstić information content (AvgIpc) is 2.52. The summed E-state index contributed by atoms with van der Waals surface area (Å²) < 4.78 is 0. The molecule has 10 rings (SSSR count). The van der Waals surface area contributed by atoms with Gasteiger partial charge in [0.25, 0.3) is 0 Å². The van der Waals surface area contributed by atoms with Crippen molar-refractivity contribution in [3.8, 4) is 0 Å². The fraction of sp³-hybridized carbons (Fsp3) is 0. The summed E-state index contributed by atoms with van der Waals surface area (Å²) in [4.78, 5) is 0. The van der Waals surface area contributed by atoms with Gasteiger partial charge >= 0.3 is 60.0 Å². The van der Waals surface area contributed by atoms with Crippen LogP contribution in [0, 0.1) is 0 Å². The Balaban J connectivity index is 2.23. The zero-order chi connectivity index (χ0) is 5.20. The molecule has 0 N–H and O–H groups in total. The van der Waals surface area contributed by atoms with E-state index in [0.29, 0.717) is 0 Å². The van der Waals surface area contributed by atoms with Gasteiger partial charge in [0.1, 0.15) is 0 Å². The molecular formula is H3P9. The molecule has 5 bridgehead atoms. The van der Waals surface area contributed by atoms with Gasteiger partial charge in [-0.15, -0.1) is 0 Å². The first-order chi connectivity index (χ1) is 4.31. The molecule has 10 aliphatic rings. The average molecular weight is 282 g/mol. The Morgan fingerprint density at radius 2 is 2.00 bits per heavy atom. The molecule has 10 saturated heterocycles. The van der Waals surface area contributed by atoms with Gasteiger partial charge in [-0.1, -0.05) is 0 Å². The standard InChI is InChI=1S/H3P9/c1-4-6-7(1)2-5-8(4,7)3-9(5,6,7)8/h1-3H. The van der Waals surface area contributed by atoms with Gasteiger partial charge in [-0.2, -0.15) is 0 Å². The van der Waals surface area contributed by atoms with Gasteiger partial charge < -0.3 is 0 Å². The van der Waals surface area contributed by atoms with Crippen molar-refractivity contribution in [1.82, 2.24) is 0 Å². The minimum absolute atomic E-state index is 0.0134. The molecule has 48 valence electrons. The van der Waals surface area contributed by atoms with Crippen molar-refractivity contribution in [2.75, 3.05) is 0 Å². The second-order valence-corrected chi connectivity index (χ2v) is 108. The fourth-order valence-corrected chi connectivity index (χ4v) is 1010. The van der Waals surface area contributed by atoms with Gasteiger partial charge in [-0.05, 0) is 0 Å². The van der Waals surface area contributed by atoms with Crippen molar-refractivity contribution in [3.05, 3.63) is 0 Å². The van der Waals surface area contributed by atoms with Crippen molar-refractivity contribution in [3.63, 3.8) is 0 Å². The van der Waals surface area contributed by atoms with Gasteiger partial charge in [0.15, 0.2) is 0 Å². The number of hydrogen-bond donors (Lipinski definition) is 0. The van der Waals surface area contributed by atoms with E-state index in [4.69, 9.17) is 0 Å². The molecule has 6 unspecified atom stereocenters. The molecule has 0 radical (unpaired) electrons. The monoisotopic (exact) mass is 282 g/mol. The molecule has 0 nitrogen and oxygen atoms in total. The van der Waals surface area contributed by atoms with Crippen molar-refractivity contribution in [2.24, 2.45) is 0 Å². The van der Waals surface area contributed by atoms with E-state index in [9.17, 15) is 0 Å². The Morgan fingerprint density at radius 1 is 1.11 bits per heavy atom. The molecule has 3 spiro atoms. The van der Waals surface area contributed by atoms with Crippen molar-refractivity contribution in [2.45, 2.75) is 0 Å². The normalized spacial score (nSPS) is 119. The Hall–Kier alpha value is 3.87. The van der Waals surface area contributed by atoms with E-state index >= 15 is 0 Å². The summed E-state index contributed by atoms with van der Waals surface area (Å²) in [7, 11) is 5.70. The summed E-state index contributed by atoms with van der Waals surface area (Å²) in [6.45, 7) is 3.58. The molecule has 6 atom stereocenters. The van der Waals surface area contributed by atoms with Crippen molar-refractivity contribution in [1.29, 1.82) is 0 Å². The molecule has 0 aromatic rings. The molecule has 0 saturated carbocycles.